The van der Waals surface area contributed by atoms with E-state index < -0.39 is 18.1 Å². The lowest BCUT2D eigenvalue weighted by molar-refractivity contribution is -0.128. The lowest BCUT2D eigenvalue weighted by atomic mass is 9.99. The third kappa shape index (κ3) is 7.09. The van der Waals surface area contributed by atoms with Crippen LogP contribution < -0.4 is 14.5 Å². The number of likely N-dealkylation sites (tertiary alicyclic amines) is 2. The number of amides is 1. The molecule has 4 aliphatic heterocycles. The molecule has 0 saturated carbocycles. The predicted molar refractivity (Wildman–Crippen MR) is 185 cm³/mol. The molecule has 2 aromatic carbocycles. The van der Waals surface area contributed by atoms with Gasteiger partial charge in [0, 0.05) is 81.0 Å². The molecular weight excluding hydrogens is 645 g/mol. The highest BCUT2D eigenvalue weighted by molar-refractivity contribution is 5.97. The minimum atomic E-state index is -2.77. The molecule has 0 aliphatic carbocycles. The summed E-state index contributed by atoms with van der Waals surface area (Å²) in [5.74, 6) is -2.24. The highest BCUT2D eigenvalue weighted by Crippen LogP contribution is 2.36. The molecule has 3 aromatic rings. The van der Waals surface area contributed by atoms with E-state index in [-0.39, 0.29) is 44.0 Å². The van der Waals surface area contributed by atoms with Crippen LogP contribution in [-0.2, 0) is 17.8 Å². The molecule has 4 aliphatic rings. The van der Waals surface area contributed by atoms with Gasteiger partial charge in [-0.3, -0.25) is 14.6 Å². The first-order valence-electron chi connectivity index (χ1n) is 17.4. The average molecular weight is 689 g/mol. The number of carbonyl (C=O) groups is 1. The van der Waals surface area contributed by atoms with E-state index >= 15 is 0 Å². The average Bonchev–Trinajstić information content (AvgIpc) is 3.36. The van der Waals surface area contributed by atoms with Gasteiger partial charge in [0.1, 0.15) is 18.6 Å². The third-order valence-electron chi connectivity index (χ3n) is 10.4. The minimum Gasteiger partial charge on any atom is -0.462 e. The van der Waals surface area contributed by atoms with Gasteiger partial charge in [0.25, 0.3) is 5.92 Å². The van der Waals surface area contributed by atoms with Crippen molar-refractivity contribution in [1.29, 1.82) is 5.26 Å². The monoisotopic (exact) mass is 688 g/mol. The fourth-order valence-electron chi connectivity index (χ4n) is 7.78. The van der Waals surface area contributed by atoms with Crippen LogP contribution in [0.15, 0.2) is 48.6 Å². The van der Waals surface area contributed by atoms with Crippen molar-refractivity contribution in [3.63, 3.8) is 0 Å². The van der Waals surface area contributed by atoms with E-state index in [1.165, 1.54) is 17.0 Å². The molecule has 0 N–H and O–H groups in total. The number of fused-ring (bicyclic) bond motifs is 2. The SMILES string of the molecule is Cc1cccc2cccc(N3CCc4c(nc(OCC5CC(F)(F)CN5C)nc4N4CCN(C(=O)/C=C/CN5CC(F)C5)[C@@H](CC#N)C4)C3)c12. The van der Waals surface area contributed by atoms with Gasteiger partial charge in [-0.05, 0) is 37.4 Å². The summed E-state index contributed by atoms with van der Waals surface area (Å²) < 4.78 is 47.6. The summed E-state index contributed by atoms with van der Waals surface area (Å²) in [6, 6.07) is 14.2. The maximum Gasteiger partial charge on any atom is 0.318 e. The first-order chi connectivity index (χ1) is 24.1. The van der Waals surface area contributed by atoms with Gasteiger partial charge in [0.15, 0.2) is 0 Å². The summed E-state index contributed by atoms with van der Waals surface area (Å²) in [7, 11) is 1.67. The number of benzene rings is 2. The van der Waals surface area contributed by atoms with Crippen LogP contribution in [0.3, 0.4) is 0 Å². The van der Waals surface area contributed by atoms with Gasteiger partial charge in [0.05, 0.1) is 37.3 Å². The predicted octanol–water partition coefficient (Wildman–Crippen LogP) is 4.36. The van der Waals surface area contributed by atoms with E-state index in [9.17, 15) is 23.2 Å². The number of aromatic nitrogens is 2. The fourth-order valence-corrected chi connectivity index (χ4v) is 7.78. The van der Waals surface area contributed by atoms with E-state index in [0.717, 1.165) is 28.9 Å². The summed E-state index contributed by atoms with van der Waals surface area (Å²) in [5, 5.41) is 12.1. The number of nitriles is 1. The molecule has 0 bridgehead atoms. The van der Waals surface area contributed by atoms with Crippen LogP contribution in [0.1, 0.15) is 29.7 Å². The molecule has 0 radical (unpaired) electrons. The van der Waals surface area contributed by atoms with Crippen molar-refractivity contribution >= 4 is 28.2 Å². The number of hydrogen-bond acceptors (Lipinski definition) is 9. The molecule has 10 nitrogen and oxygen atoms in total. The van der Waals surface area contributed by atoms with Gasteiger partial charge in [0.2, 0.25) is 5.91 Å². The van der Waals surface area contributed by atoms with Crippen LogP contribution >= 0.6 is 0 Å². The number of likely N-dealkylation sites (N-methyl/N-ethyl adjacent to an activating group) is 1. The maximum atomic E-state index is 14.2. The molecule has 3 saturated heterocycles. The number of ether oxygens (including phenoxy) is 1. The molecule has 13 heteroatoms. The molecule has 0 spiro atoms. The minimum absolute atomic E-state index is 0.0334. The Bertz CT molecular complexity index is 1800. The summed E-state index contributed by atoms with van der Waals surface area (Å²) in [4.78, 5) is 32.7. The zero-order valence-corrected chi connectivity index (χ0v) is 28.6. The Balaban J connectivity index is 1.15. The van der Waals surface area contributed by atoms with Crippen LogP contribution in [0.5, 0.6) is 6.01 Å². The van der Waals surface area contributed by atoms with E-state index in [1.54, 1.807) is 22.9 Å². The van der Waals surface area contributed by atoms with Crippen molar-refractivity contribution in [3.8, 4) is 12.1 Å². The summed E-state index contributed by atoms with van der Waals surface area (Å²) in [5.41, 5.74) is 4.11. The molecule has 7 rings (SSSR count). The number of rotatable bonds is 9. The molecule has 2 atom stereocenters. The first kappa shape index (κ1) is 34.1. The van der Waals surface area contributed by atoms with Crippen LogP contribution in [0.2, 0.25) is 0 Å². The van der Waals surface area contributed by atoms with Crippen molar-refractivity contribution in [1.82, 2.24) is 24.7 Å². The summed E-state index contributed by atoms with van der Waals surface area (Å²) >= 11 is 0. The highest BCUT2D eigenvalue weighted by Gasteiger charge is 2.43. The molecule has 50 heavy (non-hydrogen) atoms. The first-order valence-corrected chi connectivity index (χ1v) is 17.4. The number of nitrogens with zero attached hydrogens (tertiary/aromatic N) is 8. The Morgan fingerprint density at radius 1 is 1.08 bits per heavy atom. The Labute approximate surface area is 290 Å². The number of aryl methyl sites for hydroxylation is 1. The normalized spacial score (nSPS) is 22.9. The topological polar surface area (TPSA) is 92.1 Å². The van der Waals surface area contributed by atoms with Crippen molar-refractivity contribution in [3.05, 3.63) is 65.4 Å². The van der Waals surface area contributed by atoms with Gasteiger partial charge < -0.3 is 19.4 Å². The molecule has 264 valence electrons. The van der Waals surface area contributed by atoms with Crippen LogP contribution in [0, 0.1) is 18.3 Å². The molecule has 1 amide bonds. The van der Waals surface area contributed by atoms with Gasteiger partial charge in [-0.25, -0.2) is 13.2 Å². The molecule has 1 aromatic heterocycles. The standard InChI is InChI=1S/C37H43F3N8O2/c1-25-6-3-7-26-8-4-9-32(34(25)26)46-15-12-30-31(22-46)42-36(50-23-29-18-37(39,40)24-44(29)2)43-35(30)47-16-17-48(28(21-47)11-13-41)33(49)10-5-14-45-19-27(38)20-45/h3-10,27-29H,11-12,14-24H2,1-2H3/b10-5+/t28-,29?/m0/s1. The van der Waals surface area contributed by atoms with Crippen molar-refractivity contribution < 1.29 is 22.7 Å². The molecule has 3 fully saturated rings. The smallest absolute Gasteiger partial charge is 0.318 e. The second-order valence-corrected chi connectivity index (χ2v) is 14.0. The Morgan fingerprint density at radius 2 is 1.88 bits per heavy atom. The molecule has 1 unspecified atom stereocenters. The Morgan fingerprint density at radius 3 is 2.62 bits per heavy atom. The lowest BCUT2D eigenvalue weighted by Gasteiger charge is -2.42. The van der Waals surface area contributed by atoms with Crippen molar-refractivity contribution in [2.45, 2.75) is 56.9 Å². The number of piperazine rings is 1. The Kier molecular flexibility index (Phi) is 9.59. The van der Waals surface area contributed by atoms with Crippen LogP contribution in [0.25, 0.3) is 10.8 Å². The van der Waals surface area contributed by atoms with Gasteiger partial charge in [-0.15, -0.1) is 0 Å². The second-order valence-electron chi connectivity index (χ2n) is 14.0. The number of alkyl halides is 3. The van der Waals surface area contributed by atoms with Gasteiger partial charge >= 0.3 is 6.01 Å². The van der Waals surface area contributed by atoms with Crippen molar-refractivity contribution in [2.75, 3.05) is 75.8 Å². The quantitative estimate of drug-likeness (QED) is 0.304. The zero-order chi connectivity index (χ0) is 35.0. The summed E-state index contributed by atoms with van der Waals surface area (Å²) in [6.45, 7) is 5.64. The van der Waals surface area contributed by atoms with Crippen LogP contribution in [0.4, 0.5) is 24.7 Å². The molecule has 5 heterocycles. The number of anilines is 2. The van der Waals surface area contributed by atoms with Crippen molar-refractivity contribution in [2.24, 2.45) is 0 Å². The van der Waals surface area contributed by atoms with Crippen LogP contribution in [-0.4, -0.2) is 121 Å². The maximum absolute atomic E-state index is 14.2. The Hall–Kier alpha value is -4.41. The number of hydrogen-bond donors (Lipinski definition) is 0. The van der Waals surface area contributed by atoms with E-state index in [1.807, 2.05) is 4.90 Å². The largest absolute Gasteiger partial charge is 0.462 e. The van der Waals surface area contributed by atoms with E-state index in [0.29, 0.717) is 58.1 Å². The third-order valence-corrected chi connectivity index (χ3v) is 10.4. The number of carbonyl (C=O) groups excluding carboxylic acids is 1. The van der Waals surface area contributed by atoms with E-state index in [2.05, 4.69) is 59.2 Å². The highest BCUT2D eigenvalue weighted by atomic mass is 19.3. The second kappa shape index (κ2) is 14.1. The molecular formula is C37H43F3N8O2. The lowest BCUT2D eigenvalue weighted by Crippen LogP contribution is -2.55. The van der Waals surface area contributed by atoms with E-state index in [4.69, 9.17) is 14.7 Å². The fraction of sp³-hybridized carbons (Fsp3) is 0.514. The summed E-state index contributed by atoms with van der Waals surface area (Å²) in [6.07, 6.45) is 3.02. The van der Waals surface area contributed by atoms with Gasteiger partial charge in [-0.1, -0.05) is 36.4 Å². The zero-order valence-electron chi connectivity index (χ0n) is 28.6. The number of halogens is 3. The van der Waals surface area contributed by atoms with Gasteiger partial charge in [-0.2, -0.15) is 15.2 Å².